The molecule has 1 amide bonds. The normalized spacial score (nSPS) is 10.2. The highest BCUT2D eigenvalue weighted by Gasteiger charge is 2.06. The average Bonchev–Trinajstić information content (AvgIpc) is 2.52. The van der Waals surface area contributed by atoms with Crippen LogP contribution < -0.4 is 10.1 Å². The number of nitrogens with zero attached hydrogens (tertiary/aromatic N) is 2. The quantitative estimate of drug-likeness (QED) is 0.882. The van der Waals surface area contributed by atoms with Gasteiger partial charge in [0.1, 0.15) is 5.75 Å². The zero-order valence-electron chi connectivity index (χ0n) is 12.3. The van der Waals surface area contributed by atoms with E-state index in [-0.39, 0.29) is 5.91 Å². The van der Waals surface area contributed by atoms with Crippen molar-refractivity contribution in [3.8, 4) is 5.75 Å². The monoisotopic (exact) mass is 285 g/mol. The molecule has 21 heavy (non-hydrogen) atoms. The molecule has 0 atom stereocenters. The number of benzene rings is 1. The smallest absolute Gasteiger partial charge is 0.220 e. The predicted octanol–water partition coefficient (Wildman–Crippen LogP) is 2.04. The molecule has 0 aliphatic rings. The van der Waals surface area contributed by atoms with Crippen molar-refractivity contribution in [1.82, 2.24) is 15.5 Å². The largest absolute Gasteiger partial charge is 0.496 e. The highest BCUT2D eigenvalue weighted by Crippen LogP contribution is 2.18. The first kappa shape index (κ1) is 15.0. The predicted molar refractivity (Wildman–Crippen MR) is 79.9 cm³/mol. The number of rotatable bonds is 6. The number of hydrogen-bond donors (Lipinski definition) is 1. The highest BCUT2D eigenvalue weighted by molar-refractivity contribution is 5.76. The lowest BCUT2D eigenvalue weighted by molar-refractivity contribution is -0.121. The molecular formula is C16H19N3O2. The zero-order chi connectivity index (χ0) is 15.1. The molecule has 0 saturated heterocycles. The van der Waals surface area contributed by atoms with Gasteiger partial charge in [-0.25, -0.2) is 0 Å². The summed E-state index contributed by atoms with van der Waals surface area (Å²) in [6.45, 7) is 2.28. The van der Waals surface area contributed by atoms with Gasteiger partial charge in [-0.05, 0) is 37.1 Å². The second-order valence-corrected chi connectivity index (χ2v) is 4.75. The van der Waals surface area contributed by atoms with E-state index in [1.165, 1.54) is 0 Å². The van der Waals surface area contributed by atoms with Gasteiger partial charge in [-0.15, -0.1) is 0 Å². The summed E-state index contributed by atoms with van der Waals surface area (Å²) in [7, 11) is 1.63. The van der Waals surface area contributed by atoms with E-state index in [1.54, 1.807) is 7.11 Å². The van der Waals surface area contributed by atoms with Gasteiger partial charge in [-0.2, -0.15) is 10.2 Å². The van der Waals surface area contributed by atoms with Gasteiger partial charge in [-0.1, -0.05) is 18.2 Å². The number of nitrogens with one attached hydrogen (secondary N) is 1. The number of carbonyl (C=O) groups is 1. The Kier molecular flexibility index (Phi) is 5.26. The highest BCUT2D eigenvalue weighted by atomic mass is 16.5. The Bertz CT molecular complexity index is 597. The van der Waals surface area contributed by atoms with Gasteiger partial charge in [-0.3, -0.25) is 4.79 Å². The summed E-state index contributed by atoms with van der Waals surface area (Å²) >= 11 is 0. The number of carbonyl (C=O) groups excluding carboxylic acids is 1. The van der Waals surface area contributed by atoms with Crippen LogP contribution in [0.1, 0.15) is 23.4 Å². The van der Waals surface area contributed by atoms with E-state index >= 15 is 0 Å². The van der Waals surface area contributed by atoms with E-state index in [0.717, 1.165) is 22.7 Å². The van der Waals surface area contributed by atoms with E-state index in [2.05, 4.69) is 15.5 Å². The Morgan fingerprint density at radius 3 is 2.71 bits per heavy atom. The molecule has 2 rings (SSSR count). The molecule has 0 fully saturated rings. The Balaban J connectivity index is 1.81. The molecule has 0 aliphatic carbocycles. The molecule has 2 aromatic rings. The molecule has 0 aliphatic heterocycles. The summed E-state index contributed by atoms with van der Waals surface area (Å²) in [5.74, 6) is 0.804. The van der Waals surface area contributed by atoms with Gasteiger partial charge in [0.15, 0.2) is 0 Å². The molecule has 0 radical (unpaired) electrons. The molecule has 0 saturated carbocycles. The van der Waals surface area contributed by atoms with E-state index < -0.39 is 0 Å². The van der Waals surface area contributed by atoms with Crippen molar-refractivity contribution in [1.29, 1.82) is 0 Å². The maximum atomic E-state index is 11.9. The van der Waals surface area contributed by atoms with Crippen LogP contribution in [0.3, 0.4) is 0 Å². The first-order valence-corrected chi connectivity index (χ1v) is 6.87. The Labute approximate surface area is 124 Å². The van der Waals surface area contributed by atoms with Crippen molar-refractivity contribution in [2.45, 2.75) is 26.3 Å². The standard InChI is InChI=1S/C16H19N3O2/c1-12-7-9-14(19-18-12)11-17-16(20)10-8-13-5-3-4-6-15(13)21-2/h3-7,9H,8,10-11H2,1-2H3,(H,17,20). The van der Waals surface area contributed by atoms with Crippen LogP contribution in [0.4, 0.5) is 0 Å². The molecular weight excluding hydrogens is 266 g/mol. The van der Waals surface area contributed by atoms with Gasteiger partial charge >= 0.3 is 0 Å². The zero-order valence-corrected chi connectivity index (χ0v) is 12.3. The van der Waals surface area contributed by atoms with Crippen LogP contribution in [0.2, 0.25) is 0 Å². The van der Waals surface area contributed by atoms with Crippen molar-refractivity contribution >= 4 is 5.91 Å². The van der Waals surface area contributed by atoms with Crippen LogP contribution in [0.5, 0.6) is 5.75 Å². The molecule has 0 bridgehead atoms. The maximum Gasteiger partial charge on any atom is 0.220 e. The molecule has 110 valence electrons. The maximum absolute atomic E-state index is 11.9. The third kappa shape index (κ3) is 4.56. The van der Waals surface area contributed by atoms with Gasteiger partial charge in [0.05, 0.1) is 25.0 Å². The molecule has 5 nitrogen and oxygen atoms in total. The number of methoxy groups -OCH3 is 1. The summed E-state index contributed by atoms with van der Waals surface area (Å²) in [6, 6.07) is 11.5. The Hall–Kier alpha value is -2.43. The van der Waals surface area contributed by atoms with E-state index in [0.29, 0.717) is 19.4 Å². The number of aromatic nitrogens is 2. The second kappa shape index (κ2) is 7.38. The summed E-state index contributed by atoms with van der Waals surface area (Å²) in [5.41, 5.74) is 2.65. The van der Waals surface area contributed by atoms with Gasteiger partial charge in [0, 0.05) is 6.42 Å². The van der Waals surface area contributed by atoms with E-state index in [4.69, 9.17) is 4.74 Å². The Morgan fingerprint density at radius 2 is 2.00 bits per heavy atom. The van der Waals surface area contributed by atoms with Crippen LogP contribution in [0, 0.1) is 6.92 Å². The first-order chi connectivity index (χ1) is 10.2. The second-order valence-electron chi connectivity index (χ2n) is 4.75. The van der Waals surface area contributed by atoms with E-state index in [9.17, 15) is 4.79 Å². The average molecular weight is 285 g/mol. The van der Waals surface area contributed by atoms with Crippen molar-refractivity contribution in [2.24, 2.45) is 0 Å². The summed E-state index contributed by atoms with van der Waals surface area (Å²) < 4.78 is 5.27. The van der Waals surface area contributed by atoms with Crippen molar-refractivity contribution in [2.75, 3.05) is 7.11 Å². The van der Waals surface area contributed by atoms with Crippen molar-refractivity contribution in [3.05, 3.63) is 53.3 Å². The lowest BCUT2D eigenvalue weighted by atomic mass is 10.1. The lowest BCUT2D eigenvalue weighted by Gasteiger charge is -2.08. The van der Waals surface area contributed by atoms with Crippen LogP contribution in [0.25, 0.3) is 0 Å². The van der Waals surface area contributed by atoms with Crippen LogP contribution >= 0.6 is 0 Å². The molecule has 1 aromatic carbocycles. The lowest BCUT2D eigenvalue weighted by Crippen LogP contribution is -2.23. The molecule has 0 spiro atoms. The minimum Gasteiger partial charge on any atom is -0.496 e. The molecule has 5 heteroatoms. The minimum atomic E-state index is -0.0109. The van der Waals surface area contributed by atoms with Gasteiger partial charge in [0.25, 0.3) is 0 Å². The van der Waals surface area contributed by atoms with Crippen LogP contribution in [-0.2, 0) is 17.8 Å². The van der Waals surface area contributed by atoms with Crippen LogP contribution in [0.15, 0.2) is 36.4 Å². The number of para-hydroxylation sites is 1. The summed E-state index contributed by atoms with van der Waals surface area (Å²) in [6.07, 6.45) is 1.06. The SMILES string of the molecule is COc1ccccc1CCC(=O)NCc1ccc(C)nn1. The molecule has 1 heterocycles. The molecule has 1 N–H and O–H groups in total. The third-order valence-corrected chi connectivity index (χ3v) is 3.13. The van der Waals surface area contributed by atoms with Crippen molar-refractivity contribution < 1.29 is 9.53 Å². The van der Waals surface area contributed by atoms with Crippen molar-refractivity contribution in [3.63, 3.8) is 0 Å². The Morgan fingerprint density at radius 1 is 1.19 bits per heavy atom. The number of amides is 1. The van der Waals surface area contributed by atoms with Gasteiger partial charge < -0.3 is 10.1 Å². The fraction of sp³-hybridized carbons (Fsp3) is 0.312. The van der Waals surface area contributed by atoms with Gasteiger partial charge in [0.2, 0.25) is 5.91 Å². The number of ether oxygens (including phenoxy) is 1. The fourth-order valence-electron chi connectivity index (χ4n) is 1.96. The summed E-state index contributed by atoms with van der Waals surface area (Å²) in [5, 5.41) is 10.8. The topological polar surface area (TPSA) is 64.1 Å². The fourth-order valence-corrected chi connectivity index (χ4v) is 1.96. The molecule has 0 unspecified atom stereocenters. The number of aryl methyl sites for hydroxylation is 2. The molecule has 1 aromatic heterocycles. The van der Waals surface area contributed by atoms with Crippen LogP contribution in [-0.4, -0.2) is 23.2 Å². The third-order valence-electron chi connectivity index (χ3n) is 3.13. The number of hydrogen-bond acceptors (Lipinski definition) is 4. The first-order valence-electron chi connectivity index (χ1n) is 6.87. The van der Waals surface area contributed by atoms with E-state index in [1.807, 2.05) is 43.3 Å². The summed E-state index contributed by atoms with van der Waals surface area (Å²) in [4.78, 5) is 11.9. The minimum absolute atomic E-state index is 0.0109.